The van der Waals surface area contributed by atoms with Gasteiger partial charge in [0, 0.05) is 31.6 Å². The third kappa shape index (κ3) is 4.25. The Morgan fingerprint density at radius 2 is 2.29 bits per heavy atom. The van der Waals surface area contributed by atoms with Crippen LogP contribution in [0.2, 0.25) is 0 Å². The van der Waals surface area contributed by atoms with Crippen molar-refractivity contribution in [2.75, 3.05) is 13.6 Å². The van der Waals surface area contributed by atoms with Gasteiger partial charge < -0.3 is 15.2 Å². The number of halogens is 1. The second-order valence-corrected chi connectivity index (χ2v) is 5.79. The monoisotopic (exact) mass is 445 g/mol. The van der Waals surface area contributed by atoms with Crippen LogP contribution in [0.5, 0.6) is 0 Å². The molecule has 2 N–H and O–H groups in total. The molecule has 1 unspecified atom stereocenters. The lowest BCUT2D eigenvalue weighted by Gasteiger charge is -2.25. The number of aryl methyl sites for hydroxylation is 3. The van der Waals surface area contributed by atoms with Gasteiger partial charge in [0.05, 0.1) is 12.2 Å². The first kappa shape index (κ1) is 18.7. The second kappa shape index (κ2) is 8.45. The van der Waals surface area contributed by atoms with Crippen LogP contribution in [0.25, 0.3) is 0 Å². The van der Waals surface area contributed by atoms with Crippen LogP contribution in [0.3, 0.4) is 0 Å². The first-order chi connectivity index (χ1) is 11.2. The maximum absolute atomic E-state index is 5.19. The van der Waals surface area contributed by atoms with Crippen molar-refractivity contribution in [3.63, 3.8) is 0 Å². The highest BCUT2D eigenvalue weighted by molar-refractivity contribution is 14.0. The number of guanidine groups is 1. The Labute approximate surface area is 158 Å². The van der Waals surface area contributed by atoms with Gasteiger partial charge in [0.15, 0.2) is 5.96 Å². The maximum Gasteiger partial charge on any atom is 0.191 e. The smallest absolute Gasteiger partial charge is 0.191 e. The van der Waals surface area contributed by atoms with Crippen LogP contribution in [0, 0.1) is 13.8 Å². The first-order valence-corrected chi connectivity index (χ1v) is 7.93. The minimum Gasteiger partial charge on any atom is -0.361 e. The van der Waals surface area contributed by atoms with Crippen molar-refractivity contribution >= 4 is 29.9 Å². The Morgan fingerprint density at radius 1 is 1.46 bits per heavy atom. The second-order valence-electron chi connectivity index (χ2n) is 5.79. The Bertz CT molecular complexity index is 674. The zero-order valence-corrected chi connectivity index (χ0v) is 16.6. The van der Waals surface area contributed by atoms with Crippen molar-refractivity contribution in [3.05, 3.63) is 29.2 Å². The van der Waals surface area contributed by atoms with Gasteiger partial charge in [0.2, 0.25) is 0 Å². The van der Waals surface area contributed by atoms with Gasteiger partial charge in [0.25, 0.3) is 0 Å². The molecule has 2 aromatic rings. The van der Waals surface area contributed by atoms with Crippen molar-refractivity contribution in [3.8, 4) is 0 Å². The van der Waals surface area contributed by atoms with E-state index in [2.05, 4.69) is 30.9 Å². The van der Waals surface area contributed by atoms with Crippen LogP contribution in [0.1, 0.15) is 29.3 Å². The Morgan fingerprint density at radius 3 is 3.00 bits per heavy atom. The summed E-state index contributed by atoms with van der Waals surface area (Å²) in [5.41, 5.74) is 2.12. The van der Waals surface area contributed by atoms with Gasteiger partial charge in [-0.15, -0.1) is 24.0 Å². The fraction of sp³-hybridized carbons (Fsp3) is 0.600. The van der Waals surface area contributed by atoms with Crippen LogP contribution >= 0.6 is 24.0 Å². The lowest BCUT2D eigenvalue weighted by atomic mass is 10.1. The summed E-state index contributed by atoms with van der Waals surface area (Å²) < 4.78 is 7.14. The molecule has 0 amide bonds. The lowest BCUT2D eigenvalue weighted by molar-refractivity contribution is 0.391. The fourth-order valence-corrected chi connectivity index (χ4v) is 2.91. The van der Waals surface area contributed by atoms with Gasteiger partial charge in [-0.3, -0.25) is 4.99 Å². The zero-order chi connectivity index (χ0) is 16.2. The molecule has 0 saturated heterocycles. The van der Waals surface area contributed by atoms with Crippen molar-refractivity contribution in [1.29, 1.82) is 0 Å². The molecule has 2 aromatic heterocycles. The molecule has 0 bridgehead atoms. The Hall–Kier alpha value is -1.65. The van der Waals surface area contributed by atoms with E-state index >= 15 is 0 Å². The molecule has 1 aliphatic heterocycles. The Kier molecular flexibility index (Phi) is 6.58. The average molecular weight is 445 g/mol. The molecule has 132 valence electrons. The van der Waals surface area contributed by atoms with Gasteiger partial charge >= 0.3 is 0 Å². The SMILES string of the molecule is CN=C(NCCc1c(C)noc1C)NC1CCc2ncnn2C1.I. The van der Waals surface area contributed by atoms with E-state index in [-0.39, 0.29) is 24.0 Å². The predicted molar refractivity (Wildman–Crippen MR) is 102 cm³/mol. The van der Waals surface area contributed by atoms with Gasteiger partial charge in [-0.25, -0.2) is 9.67 Å². The molecule has 9 heteroatoms. The number of rotatable bonds is 4. The minimum absolute atomic E-state index is 0. The normalized spacial score (nSPS) is 17.1. The van der Waals surface area contributed by atoms with Crippen LogP contribution in [0.15, 0.2) is 15.8 Å². The summed E-state index contributed by atoms with van der Waals surface area (Å²) in [7, 11) is 1.79. The molecule has 0 aromatic carbocycles. The number of aliphatic imine (C=N–C) groups is 1. The highest BCUT2D eigenvalue weighted by Crippen LogP contribution is 2.12. The van der Waals surface area contributed by atoms with Gasteiger partial charge in [-0.1, -0.05) is 5.16 Å². The number of nitrogens with one attached hydrogen (secondary N) is 2. The van der Waals surface area contributed by atoms with E-state index in [0.29, 0.717) is 6.04 Å². The molecule has 0 radical (unpaired) electrons. The summed E-state index contributed by atoms with van der Waals surface area (Å²) in [5, 5.41) is 15.0. The van der Waals surface area contributed by atoms with E-state index in [1.807, 2.05) is 18.5 Å². The number of aromatic nitrogens is 4. The van der Waals surface area contributed by atoms with Crippen molar-refractivity contribution in [1.82, 2.24) is 30.6 Å². The van der Waals surface area contributed by atoms with Crippen LogP contribution in [-0.2, 0) is 19.4 Å². The van der Waals surface area contributed by atoms with Crippen LogP contribution in [-0.4, -0.2) is 45.5 Å². The van der Waals surface area contributed by atoms with E-state index in [4.69, 9.17) is 4.52 Å². The summed E-state index contributed by atoms with van der Waals surface area (Å²) in [6.07, 6.45) is 4.45. The Balaban J connectivity index is 0.00000208. The molecule has 0 spiro atoms. The van der Waals surface area contributed by atoms with Gasteiger partial charge in [-0.05, 0) is 26.7 Å². The number of fused-ring (bicyclic) bond motifs is 1. The van der Waals surface area contributed by atoms with E-state index in [1.165, 1.54) is 0 Å². The van der Waals surface area contributed by atoms with Crippen LogP contribution < -0.4 is 10.6 Å². The highest BCUT2D eigenvalue weighted by atomic mass is 127. The third-order valence-electron chi connectivity index (χ3n) is 4.22. The molecule has 3 heterocycles. The predicted octanol–water partition coefficient (Wildman–Crippen LogP) is 1.22. The number of hydrogen-bond donors (Lipinski definition) is 2. The zero-order valence-electron chi connectivity index (χ0n) is 14.2. The van der Waals surface area contributed by atoms with Crippen LogP contribution in [0.4, 0.5) is 0 Å². The molecule has 24 heavy (non-hydrogen) atoms. The summed E-state index contributed by atoms with van der Waals surface area (Å²) in [6, 6.07) is 0.314. The summed E-state index contributed by atoms with van der Waals surface area (Å²) >= 11 is 0. The number of hydrogen-bond acceptors (Lipinski definition) is 5. The lowest BCUT2D eigenvalue weighted by Crippen LogP contribution is -2.47. The fourth-order valence-electron chi connectivity index (χ4n) is 2.91. The molecule has 0 saturated carbocycles. The molecular formula is C15H24IN7O. The van der Waals surface area contributed by atoms with Crippen molar-refractivity contribution in [2.24, 2.45) is 4.99 Å². The van der Waals surface area contributed by atoms with Gasteiger partial charge in [-0.2, -0.15) is 5.10 Å². The summed E-state index contributed by atoms with van der Waals surface area (Å²) in [6.45, 7) is 5.51. The molecule has 1 atom stereocenters. The third-order valence-corrected chi connectivity index (χ3v) is 4.22. The maximum atomic E-state index is 5.19. The average Bonchev–Trinajstić information content (AvgIpc) is 3.14. The topological polar surface area (TPSA) is 93.2 Å². The van der Waals surface area contributed by atoms with Crippen molar-refractivity contribution in [2.45, 2.75) is 45.7 Å². The molecule has 8 nitrogen and oxygen atoms in total. The largest absolute Gasteiger partial charge is 0.361 e. The standard InChI is InChI=1S/C15H23N7O.HI/c1-10-13(11(2)23-21-10)6-7-17-15(16-3)20-12-4-5-14-18-9-19-22(14)8-12;/h9,12H,4-8H2,1-3H3,(H2,16,17,20);1H. The minimum atomic E-state index is 0. The molecular weight excluding hydrogens is 421 g/mol. The van der Waals surface area contributed by atoms with E-state index in [1.54, 1.807) is 13.4 Å². The highest BCUT2D eigenvalue weighted by Gasteiger charge is 2.20. The first-order valence-electron chi connectivity index (χ1n) is 7.93. The number of nitrogens with zero attached hydrogens (tertiary/aromatic N) is 5. The molecule has 1 aliphatic rings. The molecule has 0 aliphatic carbocycles. The van der Waals surface area contributed by atoms with E-state index < -0.39 is 0 Å². The van der Waals surface area contributed by atoms with Gasteiger partial charge in [0.1, 0.15) is 17.9 Å². The summed E-state index contributed by atoms with van der Waals surface area (Å²) in [4.78, 5) is 8.55. The van der Waals surface area contributed by atoms with Crippen molar-refractivity contribution < 1.29 is 4.52 Å². The molecule has 3 rings (SSSR count). The van der Waals surface area contributed by atoms with E-state index in [9.17, 15) is 0 Å². The van der Waals surface area contributed by atoms with E-state index in [0.717, 1.165) is 61.2 Å². The quantitative estimate of drug-likeness (QED) is 0.418. The summed E-state index contributed by atoms with van der Waals surface area (Å²) in [5.74, 6) is 2.76. The molecule has 0 fully saturated rings.